The monoisotopic (exact) mass is 474 g/mol. The summed E-state index contributed by atoms with van der Waals surface area (Å²) in [5.41, 5.74) is 10.9. The molecule has 2 aliphatic rings. The van der Waals surface area contributed by atoms with Crippen molar-refractivity contribution < 1.29 is 9.59 Å². The first-order valence-electron chi connectivity index (χ1n) is 11.5. The fraction of sp³-hybridized carbons (Fsp3) is 0.259. The van der Waals surface area contributed by atoms with E-state index in [4.69, 9.17) is 17.3 Å². The highest BCUT2D eigenvalue weighted by Crippen LogP contribution is 2.42. The van der Waals surface area contributed by atoms with E-state index >= 15 is 0 Å². The Morgan fingerprint density at radius 2 is 1.56 bits per heavy atom. The number of rotatable bonds is 5. The van der Waals surface area contributed by atoms with E-state index in [1.54, 1.807) is 24.3 Å². The number of carbonyl (C=O) groups excluding carboxylic acids is 2. The van der Waals surface area contributed by atoms with E-state index in [2.05, 4.69) is 33.9 Å². The molecular weight excluding hydrogens is 448 g/mol. The van der Waals surface area contributed by atoms with Gasteiger partial charge in [-0.15, -0.1) is 0 Å². The predicted molar refractivity (Wildman–Crippen MR) is 137 cm³/mol. The van der Waals surface area contributed by atoms with Crippen molar-refractivity contribution in [3.63, 3.8) is 0 Å². The number of primary amides is 1. The normalized spacial score (nSPS) is 15.9. The molecule has 0 bridgehead atoms. The lowest BCUT2D eigenvalue weighted by Gasteiger charge is -2.35. The quantitative estimate of drug-likeness (QED) is 0.563. The van der Waals surface area contributed by atoms with Crippen LogP contribution in [0.25, 0.3) is 0 Å². The maximum absolute atomic E-state index is 13.5. The number of hydrogen-bond donors (Lipinski definition) is 1. The van der Waals surface area contributed by atoms with Crippen LogP contribution in [0.1, 0.15) is 31.8 Å². The highest BCUT2D eigenvalue weighted by atomic mass is 35.5. The van der Waals surface area contributed by atoms with Crippen LogP contribution in [0.4, 0.5) is 17.1 Å². The van der Waals surface area contributed by atoms with Gasteiger partial charge in [-0.3, -0.25) is 9.59 Å². The van der Waals surface area contributed by atoms with Crippen LogP contribution in [-0.4, -0.2) is 56.4 Å². The average Bonchev–Trinajstić information content (AvgIpc) is 3.26. The van der Waals surface area contributed by atoms with Crippen molar-refractivity contribution in [1.82, 2.24) is 4.90 Å². The third kappa shape index (κ3) is 4.15. The van der Waals surface area contributed by atoms with Crippen LogP contribution < -0.4 is 15.5 Å². The van der Waals surface area contributed by atoms with Crippen LogP contribution in [0.2, 0.25) is 5.02 Å². The molecule has 5 rings (SSSR count). The molecule has 0 atom stereocenters. The molecule has 0 unspecified atom stereocenters. The zero-order chi connectivity index (χ0) is 23.8. The Hall–Kier alpha value is -3.35. The largest absolute Gasteiger partial charge is 0.368 e. The number of benzene rings is 3. The Morgan fingerprint density at radius 3 is 2.26 bits per heavy atom. The molecule has 3 aromatic rings. The fourth-order valence-electron chi connectivity index (χ4n) is 4.79. The summed E-state index contributed by atoms with van der Waals surface area (Å²) in [5, 5.41) is 0.759. The zero-order valence-corrected chi connectivity index (χ0v) is 19.9. The van der Waals surface area contributed by atoms with Crippen LogP contribution in [0.3, 0.4) is 0 Å². The number of piperazine rings is 1. The minimum atomic E-state index is -0.556. The van der Waals surface area contributed by atoms with Gasteiger partial charge >= 0.3 is 0 Å². The van der Waals surface area contributed by atoms with E-state index < -0.39 is 5.91 Å². The van der Waals surface area contributed by atoms with Crippen molar-refractivity contribution in [2.45, 2.75) is 6.42 Å². The van der Waals surface area contributed by atoms with Crippen molar-refractivity contribution in [3.8, 4) is 0 Å². The van der Waals surface area contributed by atoms with Crippen molar-refractivity contribution >= 4 is 40.4 Å². The number of halogens is 1. The first kappa shape index (κ1) is 22.4. The third-order valence-electron chi connectivity index (χ3n) is 6.74. The van der Waals surface area contributed by atoms with E-state index in [1.165, 1.54) is 0 Å². The molecule has 0 aromatic heterocycles. The molecule has 2 aliphatic heterocycles. The van der Waals surface area contributed by atoms with Crippen molar-refractivity contribution in [2.24, 2.45) is 5.73 Å². The van der Waals surface area contributed by atoms with Crippen molar-refractivity contribution in [3.05, 3.63) is 87.9 Å². The summed E-state index contributed by atoms with van der Waals surface area (Å²) >= 11 is 6.71. The van der Waals surface area contributed by atoms with Gasteiger partial charge in [0.25, 0.3) is 0 Å². The molecule has 0 radical (unpaired) electrons. The summed E-state index contributed by atoms with van der Waals surface area (Å²) in [6, 6.07) is 18.4. The average molecular weight is 475 g/mol. The number of likely N-dealkylation sites (N-methyl/N-ethyl adjacent to an activating group) is 1. The van der Waals surface area contributed by atoms with Crippen molar-refractivity contribution in [2.75, 3.05) is 49.6 Å². The van der Waals surface area contributed by atoms with Gasteiger partial charge in [0, 0.05) is 55.1 Å². The highest BCUT2D eigenvalue weighted by Gasteiger charge is 2.28. The van der Waals surface area contributed by atoms with Gasteiger partial charge in [-0.25, -0.2) is 0 Å². The van der Waals surface area contributed by atoms with Gasteiger partial charge < -0.3 is 20.4 Å². The molecule has 7 heteroatoms. The minimum Gasteiger partial charge on any atom is -0.368 e. The van der Waals surface area contributed by atoms with Crippen LogP contribution >= 0.6 is 11.6 Å². The number of ketones is 1. The van der Waals surface area contributed by atoms with Gasteiger partial charge in [-0.2, -0.15) is 0 Å². The molecule has 0 saturated carbocycles. The molecule has 1 fully saturated rings. The molecule has 34 heavy (non-hydrogen) atoms. The molecule has 0 aliphatic carbocycles. The molecular formula is C27H27ClN4O2. The molecule has 0 spiro atoms. The van der Waals surface area contributed by atoms with Crippen LogP contribution in [0, 0.1) is 0 Å². The van der Waals surface area contributed by atoms with Crippen LogP contribution in [0.15, 0.2) is 60.7 Å². The summed E-state index contributed by atoms with van der Waals surface area (Å²) in [7, 11) is 2.13. The van der Waals surface area contributed by atoms with E-state index in [-0.39, 0.29) is 5.78 Å². The smallest absolute Gasteiger partial charge is 0.248 e. The SMILES string of the molecule is CN1CCN(c2cc3c(cc2Cl)CCN3c2ccc(C(N)=O)cc2C(=O)c2ccccc2)CC1. The second kappa shape index (κ2) is 9.12. The number of nitrogens with two attached hydrogens (primary N) is 1. The summed E-state index contributed by atoms with van der Waals surface area (Å²) in [6.07, 6.45) is 0.828. The fourth-order valence-corrected chi connectivity index (χ4v) is 5.09. The van der Waals surface area contributed by atoms with Gasteiger partial charge in [0.1, 0.15) is 0 Å². The number of fused-ring (bicyclic) bond motifs is 1. The molecule has 1 amide bonds. The van der Waals surface area contributed by atoms with Gasteiger partial charge in [-0.05, 0) is 49.4 Å². The van der Waals surface area contributed by atoms with E-state index in [0.29, 0.717) is 16.7 Å². The number of anilines is 3. The summed E-state index contributed by atoms with van der Waals surface area (Å²) in [5.74, 6) is -0.694. The van der Waals surface area contributed by atoms with E-state index in [9.17, 15) is 9.59 Å². The Labute approximate surface area is 204 Å². The molecule has 3 aromatic carbocycles. The second-order valence-corrected chi connectivity index (χ2v) is 9.32. The number of nitrogens with zero attached hydrogens (tertiary/aromatic N) is 3. The number of amides is 1. The lowest BCUT2D eigenvalue weighted by Crippen LogP contribution is -2.44. The van der Waals surface area contributed by atoms with Gasteiger partial charge in [-0.1, -0.05) is 41.9 Å². The maximum atomic E-state index is 13.5. The molecule has 2 N–H and O–H groups in total. The topological polar surface area (TPSA) is 69.9 Å². The summed E-state index contributed by atoms with van der Waals surface area (Å²) in [6.45, 7) is 4.53. The first-order valence-corrected chi connectivity index (χ1v) is 11.9. The lowest BCUT2D eigenvalue weighted by molar-refractivity contribution is 0.1000. The second-order valence-electron chi connectivity index (χ2n) is 8.92. The molecule has 6 nitrogen and oxygen atoms in total. The predicted octanol–water partition coefficient (Wildman–Crippen LogP) is 4.12. The number of hydrogen-bond acceptors (Lipinski definition) is 5. The minimum absolute atomic E-state index is 0.139. The Kier molecular flexibility index (Phi) is 6.02. The zero-order valence-electron chi connectivity index (χ0n) is 19.1. The highest BCUT2D eigenvalue weighted by molar-refractivity contribution is 6.33. The summed E-state index contributed by atoms with van der Waals surface area (Å²) in [4.78, 5) is 32.2. The standard InChI is InChI=1S/C27H27ClN4O2/c1-30-11-13-31(14-12-30)25-17-24-19(16-22(25)28)9-10-32(24)23-8-7-20(27(29)34)15-21(23)26(33)18-5-3-2-4-6-18/h2-8,15-17H,9-14H2,1H3,(H2,29,34). The van der Waals surface area contributed by atoms with Crippen LogP contribution in [-0.2, 0) is 6.42 Å². The Balaban J connectivity index is 1.57. The van der Waals surface area contributed by atoms with E-state index in [0.717, 1.165) is 66.8 Å². The van der Waals surface area contributed by atoms with E-state index in [1.807, 2.05) is 24.3 Å². The Bertz CT molecular complexity index is 1250. The van der Waals surface area contributed by atoms with Gasteiger partial charge in [0.15, 0.2) is 5.78 Å². The maximum Gasteiger partial charge on any atom is 0.248 e. The van der Waals surface area contributed by atoms with Crippen LogP contribution in [0.5, 0.6) is 0 Å². The lowest BCUT2D eigenvalue weighted by atomic mass is 9.98. The van der Waals surface area contributed by atoms with Gasteiger partial charge in [0.05, 0.1) is 16.4 Å². The third-order valence-corrected chi connectivity index (χ3v) is 7.04. The molecule has 174 valence electrons. The van der Waals surface area contributed by atoms with Crippen molar-refractivity contribution in [1.29, 1.82) is 0 Å². The molecule has 1 saturated heterocycles. The molecule has 2 heterocycles. The summed E-state index contributed by atoms with van der Waals surface area (Å²) < 4.78 is 0. The van der Waals surface area contributed by atoms with Gasteiger partial charge in [0.2, 0.25) is 5.91 Å². The Morgan fingerprint density at radius 1 is 0.824 bits per heavy atom. The first-order chi connectivity index (χ1) is 16.4. The number of carbonyl (C=O) groups is 2.